The third-order valence-corrected chi connectivity index (χ3v) is 4.74. The first-order valence-electron chi connectivity index (χ1n) is 8.58. The number of aromatic amines is 1. The van der Waals surface area contributed by atoms with Crippen molar-refractivity contribution in [1.29, 1.82) is 0 Å². The maximum atomic E-state index is 14.0. The van der Waals surface area contributed by atoms with Crippen LogP contribution < -0.4 is 5.32 Å². The van der Waals surface area contributed by atoms with E-state index in [-0.39, 0.29) is 16.7 Å². The lowest BCUT2D eigenvalue weighted by Crippen LogP contribution is -2.01. The zero-order valence-corrected chi connectivity index (χ0v) is 15.4. The molecule has 2 N–H and O–H groups in total. The molecule has 0 saturated carbocycles. The molecule has 0 unspecified atom stereocenters. The van der Waals surface area contributed by atoms with Crippen LogP contribution in [0.2, 0.25) is 5.02 Å². The van der Waals surface area contributed by atoms with Gasteiger partial charge < -0.3 is 5.32 Å². The summed E-state index contributed by atoms with van der Waals surface area (Å²) >= 11 is 6.30. The number of aromatic nitrogens is 5. The van der Waals surface area contributed by atoms with Gasteiger partial charge in [0.2, 0.25) is 0 Å². The van der Waals surface area contributed by atoms with Gasteiger partial charge in [0, 0.05) is 17.8 Å². The largest absolute Gasteiger partial charge is 0.322 e. The summed E-state index contributed by atoms with van der Waals surface area (Å²) in [6.45, 7) is 0. The maximum absolute atomic E-state index is 14.0. The van der Waals surface area contributed by atoms with E-state index in [1.165, 1.54) is 6.07 Å². The maximum Gasteiger partial charge on any atom is 0.165 e. The third kappa shape index (κ3) is 3.03. The molecule has 0 aliphatic rings. The van der Waals surface area contributed by atoms with E-state index in [2.05, 4.69) is 30.5 Å². The summed E-state index contributed by atoms with van der Waals surface area (Å²) in [6.07, 6.45) is 1.62. The molecule has 3 aromatic heterocycles. The Morgan fingerprint density at radius 3 is 2.66 bits per heavy atom. The van der Waals surface area contributed by atoms with Gasteiger partial charge in [-0.05, 0) is 30.3 Å². The standard InChI is InChI=1S/C20H11ClF2N6/c21-14-6-2-1-4-11(14)18-25-17-12(5-3-7-24-17)19(26-18)27-20-13-8-10(22)9-15(23)16(13)28-29-20/h1-9H,(H2,24,25,26,27,28,29). The number of hydrogen-bond donors (Lipinski definition) is 2. The van der Waals surface area contributed by atoms with Crippen molar-refractivity contribution < 1.29 is 8.78 Å². The summed E-state index contributed by atoms with van der Waals surface area (Å²) < 4.78 is 27.7. The van der Waals surface area contributed by atoms with Gasteiger partial charge in [-0.1, -0.05) is 23.7 Å². The van der Waals surface area contributed by atoms with E-state index < -0.39 is 11.6 Å². The molecule has 0 aliphatic heterocycles. The summed E-state index contributed by atoms with van der Waals surface area (Å²) in [5.74, 6) is -0.457. The number of hydrogen-bond acceptors (Lipinski definition) is 5. The Morgan fingerprint density at radius 2 is 1.79 bits per heavy atom. The Hall–Kier alpha value is -3.65. The Bertz CT molecular complexity index is 1380. The first-order chi connectivity index (χ1) is 14.1. The molecule has 0 fully saturated rings. The van der Waals surface area contributed by atoms with Crippen LogP contribution >= 0.6 is 11.6 Å². The van der Waals surface area contributed by atoms with Crippen molar-refractivity contribution in [3.05, 3.63) is 71.4 Å². The number of nitrogens with zero attached hydrogens (tertiary/aromatic N) is 4. The SMILES string of the molecule is Fc1cc(F)c2[nH]nc(Nc3nc(-c4ccccc4Cl)nc4ncccc34)c2c1. The minimum Gasteiger partial charge on any atom is -0.322 e. The van der Waals surface area contributed by atoms with E-state index in [0.717, 1.165) is 6.07 Å². The van der Waals surface area contributed by atoms with Crippen LogP contribution in [-0.4, -0.2) is 25.1 Å². The van der Waals surface area contributed by atoms with Gasteiger partial charge in [-0.2, -0.15) is 5.10 Å². The van der Waals surface area contributed by atoms with Gasteiger partial charge in [-0.15, -0.1) is 0 Å². The molecule has 5 rings (SSSR count). The van der Waals surface area contributed by atoms with E-state index in [1.807, 2.05) is 12.1 Å². The van der Waals surface area contributed by atoms with Crippen LogP contribution in [0.4, 0.5) is 20.4 Å². The molecule has 0 radical (unpaired) electrons. The number of rotatable bonds is 3. The monoisotopic (exact) mass is 408 g/mol. The Morgan fingerprint density at radius 1 is 0.931 bits per heavy atom. The van der Waals surface area contributed by atoms with Crippen molar-refractivity contribution in [2.45, 2.75) is 0 Å². The molecule has 0 atom stereocenters. The van der Waals surface area contributed by atoms with Crippen LogP contribution in [-0.2, 0) is 0 Å². The molecule has 0 bridgehead atoms. The summed E-state index contributed by atoms with van der Waals surface area (Å²) in [7, 11) is 0. The fraction of sp³-hybridized carbons (Fsp3) is 0. The van der Waals surface area contributed by atoms with Crippen LogP contribution in [0.5, 0.6) is 0 Å². The van der Waals surface area contributed by atoms with E-state index in [0.29, 0.717) is 33.3 Å². The van der Waals surface area contributed by atoms with Crippen LogP contribution in [0.15, 0.2) is 54.7 Å². The van der Waals surface area contributed by atoms with Crippen LogP contribution in [0, 0.1) is 11.6 Å². The Labute approximate surface area is 167 Å². The summed E-state index contributed by atoms with van der Waals surface area (Å²) in [4.78, 5) is 13.4. The molecule has 142 valence electrons. The molecule has 0 spiro atoms. The number of nitrogens with one attached hydrogen (secondary N) is 2. The topological polar surface area (TPSA) is 79.4 Å². The molecule has 0 aliphatic carbocycles. The van der Waals surface area contributed by atoms with Crippen LogP contribution in [0.1, 0.15) is 0 Å². The molecule has 3 heterocycles. The Balaban J connectivity index is 1.70. The first kappa shape index (κ1) is 17.4. The molecule has 29 heavy (non-hydrogen) atoms. The zero-order valence-electron chi connectivity index (χ0n) is 14.6. The summed E-state index contributed by atoms with van der Waals surface area (Å²) in [6, 6.07) is 12.7. The second-order valence-corrected chi connectivity index (χ2v) is 6.66. The summed E-state index contributed by atoms with van der Waals surface area (Å²) in [5, 5.41) is 11.1. The Kier molecular flexibility index (Phi) is 4.06. The van der Waals surface area contributed by atoms with Gasteiger partial charge in [0.1, 0.15) is 17.2 Å². The second kappa shape index (κ2) is 6.75. The van der Waals surface area contributed by atoms with E-state index in [1.54, 1.807) is 30.5 Å². The van der Waals surface area contributed by atoms with Gasteiger partial charge in [0.25, 0.3) is 0 Å². The number of halogens is 3. The highest BCUT2D eigenvalue weighted by molar-refractivity contribution is 6.33. The first-order valence-corrected chi connectivity index (χ1v) is 8.96. The van der Waals surface area contributed by atoms with Gasteiger partial charge in [0.05, 0.1) is 15.8 Å². The molecule has 0 saturated heterocycles. The van der Waals surface area contributed by atoms with Gasteiger partial charge in [0.15, 0.2) is 23.1 Å². The molecule has 9 heteroatoms. The number of pyridine rings is 1. The van der Waals surface area contributed by atoms with E-state index in [4.69, 9.17) is 11.6 Å². The number of anilines is 2. The molecule has 6 nitrogen and oxygen atoms in total. The normalized spacial score (nSPS) is 11.3. The van der Waals surface area contributed by atoms with Gasteiger partial charge >= 0.3 is 0 Å². The van der Waals surface area contributed by atoms with Crippen molar-refractivity contribution in [2.24, 2.45) is 0 Å². The fourth-order valence-electron chi connectivity index (χ4n) is 3.07. The van der Waals surface area contributed by atoms with Gasteiger partial charge in [-0.25, -0.2) is 23.7 Å². The highest BCUT2D eigenvalue weighted by Gasteiger charge is 2.16. The lowest BCUT2D eigenvalue weighted by Gasteiger charge is -2.10. The van der Waals surface area contributed by atoms with Crippen molar-refractivity contribution in [3.63, 3.8) is 0 Å². The fourth-order valence-corrected chi connectivity index (χ4v) is 3.29. The quantitative estimate of drug-likeness (QED) is 0.426. The minimum atomic E-state index is -0.730. The van der Waals surface area contributed by atoms with E-state index >= 15 is 0 Å². The lowest BCUT2D eigenvalue weighted by molar-refractivity contribution is 0.590. The second-order valence-electron chi connectivity index (χ2n) is 6.26. The number of benzene rings is 2. The molecule has 2 aromatic carbocycles. The zero-order chi connectivity index (χ0) is 20.0. The smallest absolute Gasteiger partial charge is 0.165 e. The van der Waals surface area contributed by atoms with E-state index in [9.17, 15) is 8.78 Å². The lowest BCUT2D eigenvalue weighted by atomic mass is 10.2. The molecule has 5 aromatic rings. The average molecular weight is 409 g/mol. The van der Waals surface area contributed by atoms with Crippen molar-refractivity contribution in [2.75, 3.05) is 5.32 Å². The summed E-state index contributed by atoms with van der Waals surface area (Å²) in [5.41, 5.74) is 1.17. The molecular weight excluding hydrogens is 398 g/mol. The van der Waals surface area contributed by atoms with Crippen LogP contribution in [0.3, 0.4) is 0 Å². The highest BCUT2D eigenvalue weighted by atomic mass is 35.5. The highest BCUT2D eigenvalue weighted by Crippen LogP contribution is 2.31. The average Bonchev–Trinajstić information content (AvgIpc) is 3.11. The van der Waals surface area contributed by atoms with Crippen molar-refractivity contribution in [3.8, 4) is 11.4 Å². The van der Waals surface area contributed by atoms with Crippen molar-refractivity contribution in [1.82, 2.24) is 25.1 Å². The number of fused-ring (bicyclic) bond motifs is 2. The number of H-pyrrole nitrogens is 1. The minimum absolute atomic E-state index is 0.0942. The predicted octanol–water partition coefficient (Wildman–Crippen LogP) is 5.24. The third-order valence-electron chi connectivity index (χ3n) is 4.41. The van der Waals surface area contributed by atoms with Gasteiger partial charge in [-0.3, -0.25) is 5.10 Å². The van der Waals surface area contributed by atoms with Crippen molar-refractivity contribution >= 4 is 45.2 Å². The molecular formula is C20H11ClF2N6. The van der Waals surface area contributed by atoms with Crippen LogP contribution in [0.25, 0.3) is 33.3 Å². The predicted molar refractivity (Wildman–Crippen MR) is 107 cm³/mol. The molecule has 0 amide bonds.